The van der Waals surface area contributed by atoms with E-state index >= 15 is 0 Å². The van der Waals surface area contributed by atoms with E-state index in [0.29, 0.717) is 11.5 Å². The molecule has 138 valence electrons. The third-order valence-corrected chi connectivity index (χ3v) is 4.67. The second-order valence-corrected chi connectivity index (χ2v) is 6.42. The highest BCUT2D eigenvalue weighted by molar-refractivity contribution is 5.91. The fraction of sp³-hybridized carbons (Fsp3) is 0.263. The molecule has 27 heavy (non-hydrogen) atoms. The number of anilines is 2. The molecule has 0 spiro atoms. The predicted molar refractivity (Wildman–Crippen MR) is 97.5 cm³/mol. The van der Waals surface area contributed by atoms with Crippen LogP contribution in [0, 0.1) is 11.7 Å². The first-order valence-electron chi connectivity index (χ1n) is 8.75. The van der Waals surface area contributed by atoms with Crippen LogP contribution in [-0.4, -0.2) is 34.4 Å². The molecule has 0 unspecified atom stereocenters. The van der Waals surface area contributed by atoms with Gasteiger partial charge < -0.3 is 14.7 Å². The summed E-state index contributed by atoms with van der Waals surface area (Å²) in [5.74, 6) is 0.824. The van der Waals surface area contributed by atoms with Crippen LogP contribution in [0.1, 0.15) is 12.8 Å². The van der Waals surface area contributed by atoms with Crippen LogP contribution in [0.25, 0.3) is 11.3 Å². The minimum atomic E-state index is -0.279. The van der Waals surface area contributed by atoms with Crippen molar-refractivity contribution in [2.75, 3.05) is 23.3 Å². The van der Waals surface area contributed by atoms with Crippen molar-refractivity contribution in [2.45, 2.75) is 12.8 Å². The minimum Gasteiger partial charge on any atom is -0.363 e. The van der Waals surface area contributed by atoms with Crippen molar-refractivity contribution in [1.82, 2.24) is 15.4 Å². The maximum Gasteiger partial charge on any atom is 0.228 e. The van der Waals surface area contributed by atoms with E-state index in [9.17, 15) is 9.18 Å². The third kappa shape index (κ3) is 3.94. The number of benzene rings is 1. The molecular formula is C19H18FN5O2. The Kier molecular flexibility index (Phi) is 4.78. The lowest BCUT2D eigenvalue weighted by molar-refractivity contribution is -0.120. The average Bonchev–Trinajstić information content (AvgIpc) is 3.22. The molecule has 1 amide bonds. The van der Waals surface area contributed by atoms with Gasteiger partial charge in [-0.05, 0) is 49.2 Å². The van der Waals surface area contributed by atoms with Crippen LogP contribution in [-0.2, 0) is 4.79 Å². The molecule has 0 saturated carbocycles. The molecule has 1 saturated heterocycles. The molecule has 3 aromatic rings. The Balaban J connectivity index is 1.35. The van der Waals surface area contributed by atoms with Crippen LogP contribution in [0.2, 0.25) is 0 Å². The van der Waals surface area contributed by atoms with Crippen LogP contribution < -0.4 is 10.2 Å². The van der Waals surface area contributed by atoms with Crippen LogP contribution in [0.5, 0.6) is 0 Å². The lowest BCUT2D eigenvalue weighted by Crippen LogP contribution is -2.38. The van der Waals surface area contributed by atoms with E-state index in [-0.39, 0.29) is 17.6 Å². The van der Waals surface area contributed by atoms with Gasteiger partial charge in [-0.3, -0.25) is 4.79 Å². The van der Waals surface area contributed by atoms with Gasteiger partial charge in [-0.25, -0.2) is 4.39 Å². The summed E-state index contributed by atoms with van der Waals surface area (Å²) in [6.45, 7) is 1.45. The molecule has 3 heterocycles. The Morgan fingerprint density at radius 3 is 2.48 bits per heavy atom. The highest BCUT2D eigenvalue weighted by Crippen LogP contribution is 2.24. The van der Waals surface area contributed by atoms with Crippen molar-refractivity contribution in [3.63, 3.8) is 0 Å². The average molecular weight is 367 g/mol. The molecule has 1 aliphatic rings. The van der Waals surface area contributed by atoms with Gasteiger partial charge in [-0.15, -0.1) is 10.2 Å². The normalized spacial score (nSPS) is 14.9. The monoisotopic (exact) mass is 367 g/mol. The minimum absolute atomic E-state index is 0.0405. The molecule has 2 aromatic heterocycles. The summed E-state index contributed by atoms with van der Waals surface area (Å²) >= 11 is 0. The summed E-state index contributed by atoms with van der Waals surface area (Å²) in [6, 6.07) is 11.6. The van der Waals surface area contributed by atoms with E-state index in [1.165, 1.54) is 18.4 Å². The van der Waals surface area contributed by atoms with Crippen molar-refractivity contribution >= 4 is 17.5 Å². The number of aromatic nitrogens is 3. The first kappa shape index (κ1) is 17.1. The third-order valence-electron chi connectivity index (χ3n) is 4.67. The van der Waals surface area contributed by atoms with Gasteiger partial charge in [-0.1, -0.05) is 5.16 Å². The van der Waals surface area contributed by atoms with Crippen molar-refractivity contribution in [3.8, 4) is 11.3 Å². The molecular weight excluding hydrogens is 349 g/mol. The van der Waals surface area contributed by atoms with E-state index in [2.05, 4.69) is 25.6 Å². The molecule has 7 nitrogen and oxygen atoms in total. The zero-order valence-electron chi connectivity index (χ0n) is 14.5. The first-order chi connectivity index (χ1) is 13.2. The summed E-state index contributed by atoms with van der Waals surface area (Å²) in [5, 5.41) is 15.0. The number of amides is 1. The van der Waals surface area contributed by atoms with Crippen LogP contribution in [0.15, 0.2) is 53.3 Å². The molecule has 0 radical (unpaired) electrons. The van der Waals surface area contributed by atoms with Crippen molar-refractivity contribution in [2.24, 2.45) is 5.92 Å². The van der Waals surface area contributed by atoms with Gasteiger partial charge in [0, 0.05) is 30.6 Å². The number of carbonyl (C=O) groups is 1. The van der Waals surface area contributed by atoms with Gasteiger partial charge in [0.1, 0.15) is 12.1 Å². The van der Waals surface area contributed by atoms with E-state index in [4.69, 9.17) is 4.52 Å². The zero-order valence-corrected chi connectivity index (χ0v) is 14.5. The Labute approximate surface area is 155 Å². The Hall–Kier alpha value is -3.29. The lowest BCUT2D eigenvalue weighted by atomic mass is 9.96. The Morgan fingerprint density at radius 2 is 1.85 bits per heavy atom. The Bertz CT molecular complexity index is 889. The predicted octanol–water partition coefficient (Wildman–Crippen LogP) is 3.13. The first-order valence-corrected chi connectivity index (χ1v) is 8.75. The second kappa shape index (κ2) is 7.53. The van der Waals surface area contributed by atoms with E-state index < -0.39 is 0 Å². The highest BCUT2D eigenvalue weighted by atomic mass is 19.1. The van der Waals surface area contributed by atoms with Crippen LogP contribution in [0.3, 0.4) is 0 Å². The maximum atomic E-state index is 13.0. The number of piperidine rings is 1. The summed E-state index contributed by atoms with van der Waals surface area (Å²) in [7, 11) is 0. The van der Waals surface area contributed by atoms with Crippen molar-refractivity contribution < 1.29 is 13.7 Å². The number of carbonyl (C=O) groups excluding carboxylic acids is 1. The molecule has 4 rings (SSSR count). The number of rotatable bonds is 4. The van der Waals surface area contributed by atoms with Crippen molar-refractivity contribution in [1.29, 1.82) is 0 Å². The van der Waals surface area contributed by atoms with Crippen LogP contribution in [0.4, 0.5) is 16.0 Å². The summed E-state index contributed by atoms with van der Waals surface area (Å²) in [4.78, 5) is 14.4. The Morgan fingerprint density at radius 1 is 1.07 bits per heavy atom. The highest BCUT2D eigenvalue weighted by Gasteiger charge is 2.26. The zero-order chi connectivity index (χ0) is 18.6. The van der Waals surface area contributed by atoms with Gasteiger partial charge in [0.25, 0.3) is 0 Å². The fourth-order valence-electron chi connectivity index (χ4n) is 3.14. The quantitative estimate of drug-likeness (QED) is 0.763. The largest absolute Gasteiger partial charge is 0.363 e. The molecule has 1 fully saturated rings. The van der Waals surface area contributed by atoms with Gasteiger partial charge in [0.2, 0.25) is 5.91 Å². The van der Waals surface area contributed by atoms with Gasteiger partial charge in [0.15, 0.2) is 11.6 Å². The number of hydrogen-bond acceptors (Lipinski definition) is 6. The van der Waals surface area contributed by atoms with Gasteiger partial charge in [-0.2, -0.15) is 0 Å². The number of nitrogens with one attached hydrogen (secondary N) is 1. The van der Waals surface area contributed by atoms with Gasteiger partial charge >= 0.3 is 0 Å². The van der Waals surface area contributed by atoms with Crippen molar-refractivity contribution in [3.05, 3.63) is 54.5 Å². The second-order valence-electron chi connectivity index (χ2n) is 6.42. The summed E-state index contributed by atoms with van der Waals surface area (Å²) in [5.41, 5.74) is 1.51. The topological polar surface area (TPSA) is 84.2 Å². The maximum absolute atomic E-state index is 13.0. The van der Waals surface area contributed by atoms with Crippen LogP contribution >= 0.6 is 0 Å². The van der Waals surface area contributed by atoms with E-state index in [0.717, 1.165) is 37.3 Å². The molecule has 0 bridgehead atoms. The fourth-order valence-corrected chi connectivity index (χ4v) is 3.14. The lowest BCUT2D eigenvalue weighted by Gasteiger charge is -2.31. The standard InChI is InChI=1S/C19H18FN5O2/c20-15-3-1-13(2-4-15)16-5-6-18(23-22-16)25-10-7-14(8-11-25)19(26)21-17-9-12-27-24-17/h1-6,9,12,14H,7-8,10-11H2,(H,21,24,26). The molecule has 1 N–H and O–H groups in total. The molecule has 0 aliphatic carbocycles. The molecule has 0 atom stereocenters. The number of hydrogen-bond donors (Lipinski definition) is 1. The summed E-state index contributed by atoms with van der Waals surface area (Å²) in [6.07, 6.45) is 2.88. The van der Waals surface area contributed by atoms with Gasteiger partial charge in [0.05, 0.1) is 5.69 Å². The number of nitrogens with zero attached hydrogens (tertiary/aromatic N) is 4. The smallest absolute Gasteiger partial charge is 0.228 e. The number of halogens is 1. The van der Waals surface area contributed by atoms with E-state index in [1.807, 2.05) is 12.1 Å². The van der Waals surface area contributed by atoms with E-state index in [1.54, 1.807) is 18.2 Å². The SMILES string of the molecule is O=C(Nc1ccon1)C1CCN(c2ccc(-c3ccc(F)cc3)nn2)CC1. The molecule has 1 aromatic carbocycles. The molecule has 1 aliphatic heterocycles. The molecule has 8 heteroatoms. The summed E-state index contributed by atoms with van der Waals surface area (Å²) < 4.78 is 17.7.